The molecule has 0 saturated carbocycles. The number of carbonyl (C=O) groups is 1. The van der Waals surface area contributed by atoms with Crippen molar-refractivity contribution in [2.45, 2.75) is 19.8 Å². The standard InChI is InChI=1S/C14H17BrN2OS/c1-9-4-2-6-11(12(9)15)14(18)17-7-3-5-10(8-17)13(16)19/h2,4,6,10H,3,5,7-8H2,1H3,(H2,16,19). The van der Waals surface area contributed by atoms with Crippen molar-refractivity contribution in [3.05, 3.63) is 33.8 Å². The number of amides is 1. The van der Waals surface area contributed by atoms with E-state index in [4.69, 9.17) is 18.0 Å². The Morgan fingerprint density at radius 1 is 1.53 bits per heavy atom. The Kier molecular flexibility index (Phi) is 4.58. The molecular formula is C14H17BrN2OS. The molecule has 1 aliphatic rings. The molecule has 19 heavy (non-hydrogen) atoms. The maximum absolute atomic E-state index is 12.6. The molecular weight excluding hydrogens is 324 g/mol. The number of halogens is 1. The maximum Gasteiger partial charge on any atom is 0.255 e. The van der Waals surface area contributed by atoms with Gasteiger partial charge in [0, 0.05) is 23.5 Å². The molecule has 102 valence electrons. The highest BCUT2D eigenvalue weighted by Crippen LogP contribution is 2.25. The number of hydrogen-bond donors (Lipinski definition) is 1. The lowest BCUT2D eigenvalue weighted by atomic mass is 9.97. The van der Waals surface area contributed by atoms with Gasteiger partial charge in [0.25, 0.3) is 5.91 Å². The van der Waals surface area contributed by atoms with Crippen LogP contribution in [0.1, 0.15) is 28.8 Å². The predicted octanol–water partition coefficient (Wildman–Crippen LogP) is 2.90. The normalized spacial score (nSPS) is 19.3. The van der Waals surface area contributed by atoms with E-state index >= 15 is 0 Å². The van der Waals surface area contributed by atoms with Crippen LogP contribution in [0.2, 0.25) is 0 Å². The van der Waals surface area contributed by atoms with E-state index in [9.17, 15) is 4.79 Å². The molecule has 0 bridgehead atoms. The van der Waals surface area contributed by atoms with Crippen LogP contribution in [0.5, 0.6) is 0 Å². The Morgan fingerprint density at radius 2 is 2.26 bits per heavy atom. The van der Waals surface area contributed by atoms with Crippen molar-refractivity contribution in [1.29, 1.82) is 0 Å². The summed E-state index contributed by atoms with van der Waals surface area (Å²) in [4.78, 5) is 14.9. The molecule has 1 fully saturated rings. The van der Waals surface area contributed by atoms with Crippen molar-refractivity contribution < 1.29 is 4.79 Å². The van der Waals surface area contributed by atoms with Crippen molar-refractivity contribution in [2.75, 3.05) is 13.1 Å². The molecule has 3 nitrogen and oxygen atoms in total. The molecule has 2 rings (SSSR count). The summed E-state index contributed by atoms with van der Waals surface area (Å²) in [5.41, 5.74) is 7.48. The monoisotopic (exact) mass is 340 g/mol. The second-order valence-corrected chi connectivity index (χ2v) is 6.19. The highest BCUT2D eigenvalue weighted by molar-refractivity contribution is 9.10. The topological polar surface area (TPSA) is 46.3 Å². The molecule has 0 radical (unpaired) electrons. The molecule has 0 aliphatic carbocycles. The lowest BCUT2D eigenvalue weighted by Crippen LogP contribution is -2.43. The first-order valence-corrected chi connectivity index (χ1v) is 7.54. The van der Waals surface area contributed by atoms with Crippen LogP contribution in [-0.2, 0) is 0 Å². The predicted molar refractivity (Wildman–Crippen MR) is 84.3 cm³/mol. The molecule has 1 unspecified atom stereocenters. The molecule has 1 aliphatic heterocycles. The van der Waals surface area contributed by atoms with Gasteiger partial charge >= 0.3 is 0 Å². The number of benzene rings is 1. The van der Waals surface area contributed by atoms with Crippen LogP contribution in [-0.4, -0.2) is 28.9 Å². The first kappa shape index (κ1) is 14.5. The van der Waals surface area contributed by atoms with E-state index in [1.807, 2.05) is 30.0 Å². The van der Waals surface area contributed by atoms with Crippen LogP contribution in [0, 0.1) is 12.8 Å². The number of nitrogens with zero attached hydrogens (tertiary/aromatic N) is 1. The molecule has 1 aromatic rings. The summed E-state index contributed by atoms with van der Waals surface area (Å²) in [5.74, 6) is 0.202. The maximum atomic E-state index is 12.6. The fraction of sp³-hybridized carbons (Fsp3) is 0.429. The highest BCUT2D eigenvalue weighted by Gasteiger charge is 2.26. The summed E-state index contributed by atoms with van der Waals surface area (Å²) < 4.78 is 0.873. The third-order valence-electron chi connectivity index (χ3n) is 3.53. The summed E-state index contributed by atoms with van der Waals surface area (Å²) in [6.45, 7) is 3.39. The largest absolute Gasteiger partial charge is 0.393 e. The summed E-state index contributed by atoms with van der Waals surface area (Å²) in [6, 6.07) is 5.74. The second kappa shape index (κ2) is 6.01. The first-order valence-electron chi connectivity index (χ1n) is 6.34. The van der Waals surface area contributed by atoms with E-state index in [1.54, 1.807) is 0 Å². The SMILES string of the molecule is Cc1cccc(C(=O)N2CCCC(C(N)=S)C2)c1Br. The van der Waals surface area contributed by atoms with Gasteiger partial charge in [0.1, 0.15) is 0 Å². The molecule has 0 spiro atoms. The van der Waals surface area contributed by atoms with Crippen LogP contribution in [0.25, 0.3) is 0 Å². The molecule has 2 N–H and O–H groups in total. The minimum absolute atomic E-state index is 0.0523. The van der Waals surface area contributed by atoms with E-state index in [2.05, 4.69) is 15.9 Å². The van der Waals surface area contributed by atoms with Crippen LogP contribution < -0.4 is 5.73 Å². The van der Waals surface area contributed by atoms with Crippen molar-refractivity contribution in [3.63, 3.8) is 0 Å². The average Bonchev–Trinajstić information content (AvgIpc) is 2.41. The van der Waals surface area contributed by atoms with Crippen LogP contribution in [0.4, 0.5) is 0 Å². The van der Waals surface area contributed by atoms with Gasteiger partial charge in [0.15, 0.2) is 0 Å². The molecule has 1 heterocycles. The van der Waals surface area contributed by atoms with Gasteiger partial charge in [-0.1, -0.05) is 24.4 Å². The Hall–Kier alpha value is -0.940. The Bertz CT molecular complexity index is 518. The van der Waals surface area contributed by atoms with E-state index in [0.717, 1.165) is 29.4 Å². The zero-order valence-electron chi connectivity index (χ0n) is 10.9. The zero-order chi connectivity index (χ0) is 14.0. The number of carbonyl (C=O) groups excluding carboxylic acids is 1. The lowest BCUT2D eigenvalue weighted by Gasteiger charge is -2.32. The van der Waals surface area contributed by atoms with Crippen molar-refractivity contribution in [1.82, 2.24) is 4.90 Å². The van der Waals surface area contributed by atoms with E-state index in [0.29, 0.717) is 17.1 Å². The van der Waals surface area contributed by atoms with E-state index < -0.39 is 0 Å². The fourth-order valence-corrected chi connectivity index (χ4v) is 3.00. The number of nitrogens with two attached hydrogens (primary N) is 1. The molecule has 5 heteroatoms. The number of thiocarbonyl (C=S) groups is 1. The minimum atomic E-state index is 0.0523. The quantitative estimate of drug-likeness (QED) is 0.842. The number of aryl methyl sites for hydroxylation is 1. The fourth-order valence-electron chi connectivity index (χ4n) is 2.38. The molecule has 1 atom stereocenters. The molecule has 0 aromatic heterocycles. The second-order valence-electron chi connectivity index (χ2n) is 4.93. The van der Waals surface area contributed by atoms with Gasteiger partial charge in [-0.2, -0.15) is 0 Å². The highest BCUT2D eigenvalue weighted by atomic mass is 79.9. The average molecular weight is 341 g/mol. The number of piperidine rings is 1. The first-order chi connectivity index (χ1) is 9.00. The number of likely N-dealkylation sites (tertiary alicyclic amines) is 1. The Labute approximate surface area is 127 Å². The molecule has 1 aromatic carbocycles. The number of rotatable bonds is 2. The summed E-state index contributed by atoms with van der Waals surface area (Å²) >= 11 is 8.54. The van der Waals surface area contributed by atoms with Crippen LogP contribution in [0.15, 0.2) is 22.7 Å². The van der Waals surface area contributed by atoms with Crippen molar-refractivity contribution in [3.8, 4) is 0 Å². The minimum Gasteiger partial charge on any atom is -0.393 e. The lowest BCUT2D eigenvalue weighted by molar-refractivity contribution is 0.0702. The van der Waals surface area contributed by atoms with Crippen molar-refractivity contribution in [2.24, 2.45) is 11.7 Å². The molecule has 1 saturated heterocycles. The van der Waals surface area contributed by atoms with Crippen molar-refractivity contribution >= 4 is 39.0 Å². The summed E-state index contributed by atoms with van der Waals surface area (Å²) in [5, 5.41) is 0. The van der Waals surface area contributed by atoms with Crippen LogP contribution >= 0.6 is 28.1 Å². The van der Waals surface area contributed by atoms with Gasteiger partial charge in [0.2, 0.25) is 0 Å². The summed E-state index contributed by atoms with van der Waals surface area (Å²) in [7, 11) is 0. The van der Waals surface area contributed by atoms with E-state index in [-0.39, 0.29) is 11.8 Å². The van der Waals surface area contributed by atoms with Crippen LogP contribution in [0.3, 0.4) is 0 Å². The number of hydrogen-bond acceptors (Lipinski definition) is 2. The van der Waals surface area contributed by atoms with Gasteiger partial charge in [-0.05, 0) is 47.3 Å². The molecule has 1 amide bonds. The zero-order valence-corrected chi connectivity index (χ0v) is 13.3. The Balaban J connectivity index is 2.19. The van der Waals surface area contributed by atoms with Gasteiger partial charge < -0.3 is 10.6 Å². The van der Waals surface area contributed by atoms with E-state index in [1.165, 1.54) is 0 Å². The smallest absolute Gasteiger partial charge is 0.255 e. The van der Waals surface area contributed by atoms with Gasteiger partial charge in [-0.25, -0.2) is 0 Å². The summed E-state index contributed by atoms with van der Waals surface area (Å²) in [6.07, 6.45) is 1.94. The third kappa shape index (κ3) is 3.15. The van der Waals surface area contributed by atoms with Gasteiger partial charge in [-0.3, -0.25) is 4.79 Å². The Morgan fingerprint density at radius 3 is 2.95 bits per heavy atom. The van der Waals surface area contributed by atoms with Gasteiger partial charge in [0.05, 0.1) is 10.6 Å². The van der Waals surface area contributed by atoms with Gasteiger partial charge in [-0.15, -0.1) is 0 Å². The third-order valence-corrected chi connectivity index (χ3v) is 4.92.